The number of hydrogen-bond acceptors (Lipinski definition) is 7. The van der Waals surface area contributed by atoms with E-state index in [1.54, 1.807) is 32.3 Å². The zero-order chi connectivity index (χ0) is 25.3. The molecule has 1 amide bonds. The molecule has 4 fully saturated rings. The van der Waals surface area contributed by atoms with Crippen LogP contribution in [0.1, 0.15) is 49.8 Å². The summed E-state index contributed by atoms with van der Waals surface area (Å²) >= 11 is 3.36. The van der Waals surface area contributed by atoms with Crippen molar-refractivity contribution in [3.63, 3.8) is 0 Å². The number of amides is 1. The fraction of sp³-hybridized carbons (Fsp3) is 0.500. The molecule has 0 aliphatic heterocycles. The summed E-state index contributed by atoms with van der Waals surface area (Å²) in [6, 6.07) is 6.20. The van der Waals surface area contributed by atoms with Gasteiger partial charge in [-0.2, -0.15) is 0 Å². The molecule has 1 aromatic carbocycles. The Kier molecular flexibility index (Phi) is 5.35. The smallest absolute Gasteiger partial charge is 0.264 e. The first-order chi connectivity index (χ1) is 17.1. The number of halogens is 1. The molecule has 4 aliphatic rings. The van der Waals surface area contributed by atoms with Crippen LogP contribution in [0.5, 0.6) is 0 Å². The van der Waals surface area contributed by atoms with Gasteiger partial charge in [0.1, 0.15) is 6.33 Å². The molecule has 0 spiro atoms. The molecule has 0 radical (unpaired) electrons. The van der Waals surface area contributed by atoms with Crippen LogP contribution in [0.15, 0.2) is 44.7 Å². The number of hydrogen-bond donors (Lipinski definition) is 2. The van der Waals surface area contributed by atoms with Gasteiger partial charge in [0.05, 0.1) is 21.5 Å². The highest BCUT2D eigenvalue weighted by Gasteiger charge is 2.61. The second-order valence-electron chi connectivity index (χ2n) is 10.7. The first-order valence-corrected chi connectivity index (χ1v) is 14.3. The van der Waals surface area contributed by atoms with E-state index in [1.165, 1.54) is 12.1 Å². The molecule has 0 saturated heterocycles. The van der Waals surface area contributed by atoms with E-state index in [9.17, 15) is 13.2 Å². The SMILES string of the molecule is Cc1noc(NS(=O)(=O)c2ccc(NC(=O)C34C[C@H]5C[C@@H](C3)CC(n3cnc(Br)n3)(C5)C4)cc2)c1C. The molecule has 4 bridgehead atoms. The maximum atomic E-state index is 13.7. The minimum Gasteiger partial charge on any atom is -0.337 e. The molecule has 4 saturated carbocycles. The second kappa shape index (κ2) is 8.14. The van der Waals surface area contributed by atoms with Gasteiger partial charge in [-0.05, 0) is 104 Å². The van der Waals surface area contributed by atoms with E-state index in [0.717, 1.165) is 38.5 Å². The lowest BCUT2D eigenvalue weighted by Gasteiger charge is -2.60. The standard InChI is InChI=1S/C24H27BrN6O4S/c1-14-15(2)29-35-20(14)30-36(33,34)19-5-3-18(4-6-19)27-21(32)23-8-16-7-17(9-23)11-24(10-16,12-23)31-13-26-22(25)28-31/h3-6,13,16-17,30H,7-12H2,1-2H3,(H,27,32)/t16-,17+,23?,24?. The fourth-order valence-corrected chi connectivity index (χ4v) is 8.20. The molecule has 3 aromatic rings. The van der Waals surface area contributed by atoms with Crippen molar-refractivity contribution in [3.8, 4) is 0 Å². The molecule has 10 nitrogen and oxygen atoms in total. The predicted octanol–water partition coefficient (Wildman–Crippen LogP) is 4.38. The quantitative estimate of drug-likeness (QED) is 0.446. The molecular weight excluding hydrogens is 548 g/mol. The summed E-state index contributed by atoms with van der Waals surface area (Å²) in [4.78, 5) is 18.0. The molecular formula is C24H27BrN6O4S. The van der Waals surface area contributed by atoms with Crippen molar-refractivity contribution < 1.29 is 17.7 Å². The predicted molar refractivity (Wildman–Crippen MR) is 135 cm³/mol. The number of carbonyl (C=O) groups is 1. The summed E-state index contributed by atoms with van der Waals surface area (Å²) in [6.07, 6.45) is 7.48. The first-order valence-electron chi connectivity index (χ1n) is 12.0. The van der Waals surface area contributed by atoms with Crippen molar-refractivity contribution in [2.75, 3.05) is 10.0 Å². The van der Waals surface area contributed by atoms with Crippen molar-refractivity contribution >= 4 is 43.4 Å². The normalized spacial score (nSPS) is 28.9. The first kappa shape index (κ1) is 23.7. The van der Waals surface area contributed by atoms with Gasteiger partial charge in [0.2, 0.25) is 16.5 Å². The molecule has 2 aromatic heterocycles. The lowest BCUT2D eigenvalue weighted by Crippen LogP contribution is -2.60. The highest BCUT2D eigenvalue weighted by atomic mass is 79.9. The number of nitrogens with zero attached hydrogens (tertiary/aromatic N) is 4. The highest BCUT2D eigenvalue weighted by Crippen LogP contribution is 2.64. The largest absolute Gasteiger partial charge is 0.337 e. The summed E-state index contributed by atoms with van der Waals surface area (Å²) in [5.74, 6) is 1.07. The molecule has 7 rings (SSSR count). The molecule has 4 aliphatic carbocycles. The van der Waals surface area contributed by atoms with E-state index in [1.807, 2.05) is 4.68 Å². The number of anilines is 2. The van der Waals surface area contributed by atoms with Crippen LogP contribution in [-0.2, 0) is 20.4 Å². The molecule has 2 heterocycles. The van der Waals surface area contributed by atoms with E-state index in [-0.39, 0.29) is 22.2 Å². The van der Waals surface area contributed by atoms with Gasteiger partial charge in [0, 0.05) is 11.3 Å². The topological polar surface area (TPSA) is 132 Å². The van der Waals surface area contributed by atoms with Crippen molar-refractivity contribution in [1.29, 1.82) is 0 Å². The zero-order valence-electron chi connectivity index (χ0n) is 20.0. The van der Waals surface area contributed by atoms with Gasteiger partial charge in [0.15, 0.2) is 0 Å². The van der Waals surface area contributed by atoms with E-state index >= 15 is 0 Å². The molecule has 36 heavy (non-hydrogen) atoms. The number of sulfonamides is 1. The Morgan fingerprint density at radius 1 is 1.14 bits per heavy atom. The third kappa shape index (κ3) is 3.85. The minimum absolute atomic E-state index is 0.00153. The van der Waals surface area contributed by atoms with Gasteiger partial charge >= 0.3 is 0 Å². The number of nitrogens with one attached hydrogen (secondary N) is 2. The van der Waals surface area contributed by atoms with E-state index in [0.29, 0.717) is 33.5 Å². The van der Waals surface area contributed by atoms with Crippen LogP contribution in [0, 0.1) is 31.1 Å². The van der Waals surface area contributed by atoms with Crippen LogP contribution in [0.4, 0.5) is 11.6 Å². The maximum absolute atomic E-state index is 13.7. The summed E-state index contributed by atoms with van der Waals surface area (Å²) < 4.78 is 35.6. The van der Waals surface area contributed by atoms with Gasteiger partial charge in [-0.15, -0.1) is 5.10 Å². The van der Waals surface area contributed by atoms with Crippen molar-refractivity contribution in [2.45, 2.75) is 62.8 Å². The number of aryl methyl sites for hydroxylation is 1. The molecule has 2 N–H and O–H groups in total. The second-order valence-corrected chi connectivity index (χ2v) is 13.1. The molecule has 2 unspecified atom stereocenters. The van der Waals surface area contributed by atoms with Gasteiger partial charge in [0.25, 0.3) is 10.0 Å². The Balaban J connectivity index is 1.20. The van der Waals surface area contributed by atoms with Gasteiger partial charge in [-0.1, -0.05) is 5.16 Å². The Bertz CT molecular complexity index is 1430. The van der Waals surface area contributed by atoms with Crippen LogP contribution in [0.25, 0.3) is 0 Å². The van der Waals surface area contributed by atoms with Crippen LogP contribution >= 0.6 is 15.9 Å². The van der Waals surface area contributed by atoms with Crippen molar-refractivity contribution in [3.05, 3.63) is 46.6 Å². The summed E-state index contributed by atoms with van der Waals surface area (Å²) in [5.41, 5.74) is 1.18. The third-order valence-electron chi connectivity index (χ3n) is 8.27. The Hall–Kier alpha value is -2.73. The Morgan fingerprint density at radius 3 is 2.42 bits per heavy atom. The van der Waals surface area contributed by atoms with Gasteiger partial charge in [-0.3, -0.25) is 4.79 Å². The lowest BCUT2D eigenvalue weighted by atomic mass is 9.46. The van der Waals surface area contributed by atoms with Crippen LogP contribution in [0.3, 0.4) is 0 Å². The average Bonchev–Trinajstić information content (AvgIpc) is 3.40. The van der Waals surface area contributed by atoms with Crippen LogP contribution < -0.4 is 10.0 Å². The van der Waals surface area contributed by atoms with E-state index < -0.39 is 15.4 Å². The third-order valence-corrected chi connectivity index (χ3v) is 9.98. The summed E-state index contributed by atoms with van der Waals surface area (Å²) in [7, 11) is -3.86. The molecule has 12 heteroatoms. The van der Waals surface area contributed by atoms with Gasteiger partial charge in [-0.25, -0.2) is 22.8 Å². The highest BCUT2D eigenvalue weighted by molar-refractivity contribution is 9.10. The number of rotatable bonds is 6. The van der Waals surface area contributed by atoms with Crippen LogP contribution in [0.2, 0.25) is 0 Å². The van der Waals surface area contributed by atoms with Crippen molar-refractivity contribution in [2.24, 2.45) is 17.3 Å². The Labute approximate surface area is 217 Å². The lowest BCUT2D eigenvalue weighted by molar-refractivity contribution is -0.150. The van der Waals surface area contributed by atoms with Crippen LogP contribution in [-0.4, -0.2) is 34.2 Å². The maximum Gasteiger partial charge on any atom is 0.264 e. The number of aromatic nitrogens is 4. The summed E-state index contributed by atoms with van der Waals surface area (Å²) in [6.45, 7) is 3.48. The average molecular weight is 575 g/mol. The molecule has 4 atom stereocenters. The van der Waals surface area contributed by atoms with Gasteiger partial charge < -0.3 is 9.84 Å². The van der Waals surface area contributed by atoms with E-state index in [2.05, 4.69) is 41.2 Å². The zero-order valence-corrected chi connectivity index (χ0v) is 22.4. The number of carbonyl (C=O) groups excluding carboxylic acids is 1. The number of benzene rings is 1. The molecule has 190 valence electrons. The fourth-order valence-electron chi connectivity index (χ4n) is 6.89. The monoisotopic (exact) mass is 574 g/mol. The minimum atomic E-state index is -3.86. The summed E-state index contributed by atoms with van der Waals surface area (Å²) in [5, 5.41) is 11.4. The van der Waals surface area contributed by atoms with E-state index in [4.69, 9.17) is 4.52 Å². The van der Waals surface area contributed by atoms with Crippen molar-refractivity contribution in [1.82, 2.24) is 19.9 Å². The Morgan fingerprint density at radius 2 is 1.83 bits per heavy atom.